The van der Waals surface area contributed by atoms with E-state index in [-0.39, 0.29) is 17.4 Å². The van der Waals surface area contributed by atoms with Gasteiger partial charge in [-0.05, 0) is 6.07 Å². The summed E-state index contributed by atoms with van der Waals surface area (Å²) in [5, 5.41) is 8.71. The van der Waals surface area contributed by atoms with Crippen molar-refractivity contribution >= 4 is 5.97 Å². The van der Waals surface area contributed by atoms with Gasteiger partial charge in [-0.25, -0.2) is 9.18 Å². The van der Waals surface area contributed by atoms with Gasteiger partial charge in [0, 0.05) is 18.0 Å². The number of rotatable bonds is 1. The third-order valence-corrected chi connectivity index (χ3v) is 2.43. The summed E-state index contributed by atoms with van der Waals surface area (Å²) in [5.74, 6) is -2.16. The maximum atomic E-state index is 13.6. The molecule has 3 N–H and O–H groups in total. The Bertz CT molecular complexity index is 419. The van der Waals surface area contributed by atoms with Gasteiger partial charge >= 0.3 is 5.97 Å². The Hall–Kier alpha value is -1.62. The summed E-state index contributed by atoms with van der Waals surface area (Å²) in [5.41, 5.74) is 5.89. The predicted molar refractivity (Wildman–Crippen MR) is 50.4 cm³/mol. The Balaban J connectivity index is 2.57. The Morgan fingerprint density at radius 3 is 3.00 bits per heavy atom. The van der Waals surface area contributed by atoms with Gasteiger partial charge in [-0.2, -0.15) is 0 Å². The Labute approximate surface area is 85.5 Å². The molecule has 0 aromatic heterocycles. The van der Waals surface area contributed by atoms with Gasteiger partial charge in [0.05, 0.1) is 12.2 Å². The molecule has 1 aromatic rings. The van der Waals surface area contributed by atoms with Crippen molar-refractivity contribution in [3.05, 3.63) is 29.1 Å². The van der Waals surface area contributed by atoms with Crippen LogP contribution in [0.15, 0.2) is 12.1 Å². The van der Waals surface area contributed by atoms with Crippen LogP contribution in [0.25, 0.3) is 0 Å². The minimum absolute atomic E-state index is 0.0198. The second-order valence-corrected chi connectivity index (χ2v) is 3.39. The second kappa shape index (κ2) is 3.51. The zero-order chi connectivity index (χ0) is 11.0. The van der Waals surface area contributed by atoms with Crippen LogP contribution in [0.1, 0.15) is 28.4 Å². The summed E-state index contributed by atoms with van der Waals surface area (Å²) < 4.78 is 18.7. The molecule has 2 rings (SSSR count). The van der Waals surface area contributed by atoms with Crippen molar-refractivity contribution in [1.82, 2.24) is 0 Å². The number of hydrogen-bond acceptors (Lipinski definition) is 3. The number of carboxylic acid groups (broad SMARTS) is 1. The largest absolute Gasteiger partial charge is 0.490 e. The molecule has 1 aliphatic rings. The molecule has 0 fully saturated rings. The zero-order valence-corrected chi connectivity index (χ0v) is 7.87. The number of hydrogen-bond donors (Lipinski definition) is 2. The van der Waals surface area contributed by atoms with Crippen LogP contribution in [-0.2, 0) is 0 Å². The van der Waals surface area contributed by atoms with Crippen LogP contribution >= 0.6 is 0 Å². The van der Waals surface area contributed by atoms with Crippen molar-refractivity contribution in [1.29, 1.82) is 0 Å². The van der Waals surface area contributed by atoms with E-state index in [4.69, 9.17) is 15.6 Å². The van der Waals surface area contributed by atoms with Crippen LogP contribution in [0.2, 0.25) is 0 Å². The Morgan fingerprint density at radius 1 is 1.60 bits per heavy atom. The van der Waals surface area contributed by atoms with E-state index in [2.05, 4.69) is 0 Å². The van der Waals surface area contributed by atoms with Gasteiger partial charge < -0.3 is 15.6 Å². The van der Waals surface area contributed by atoms with Crippen molar-refractivity contribution < 1.29 is 19.0 Å². The van der Waals surface area contributed by atoms with Gasteiger partial charge in [-0.15, -0.1) is 0 Å². The highest BCUT2D eigenvalue weighted by atomic mass is 19.1. The molecule has 1 atom stereocenters. The normalized spacial score (nSPS) is 19.2. The van der Waals surface area contributed by atoms with E-state index < -0.39 is 11.8 Å². The van der Waals surface area contributed by atoms with Crippen LogP contribution < -0.4 is 10.5 Å². The minimum Gasteiger partial charge on any atom is -0.490 e. The lowest BCUT2D eigenvalue weighted by Crippen LogP contribution is -2.22. The first-order valence-electron chi connectivity index (χ1n) is 4.55. The first-order chi connectivity index (χ1) is 7.11. The molecular weight excluding hydrogens is 201 g/mol. The molecule has 0 saturated heterocycles. The lowest BCUT2D eigenvalue weighted by Gasteiger charge is -2.23. The topological polar surface area (TPSA) is 72.5 Å². The molecule has 15 heavy (non-hydrogen) atoms. The van der Waals surface area contributed by atoms with Crippen molar-refractivity contribution in [2.24, 2.45) is 5.73 Å². The predicted octanol–water partition coefficient (Wildman–Crippen LogP) is 1.31. The zero-order valence-electron chi connectivity index (χ0n) is 7.87. The number of carbonyl (C=O) groups is 1. The molecule has 0 amide bonds. The van der Waals surface area contributed by atoms with E-state index in [9.17, 15) is 9.18 Å². The summed E-state index contributed by atoms with van der Waals surface area (Å²) in [6.07, 6.45) is 0.610. The molecule has 0 aliphatic carbocycles. The third-order valence-electron chi connectivity index (χ3n) is 2.43. The molecular formula is C10H10FNO3. The molecule has 0 spiro atoms. The van der Waals surface area contributed by atoms with E-state index in [1.54, 1.807) is 0 Å². The number of carboxylic acids is 1. The number of halogens is 1. The number of nitrogens with two attached hydrogens (primary N) is 1. The molecule has 1 aliphatic heterocycles. The molecule has 0 bridgehead atoms. The summed E-state index contributed by atoms with van der Waals surface area (Å²) in [6.45, 7) is 0.314. The van der Waals surface area contributed by atoms with Crippen molar-refractivity contribution in [3.63, 3.8) is 0 Å². The number of ether oxygens (including phenoxy) is 1. The Morgan fingerprint density at radius 2 is 2.33 bits per heavy atom. The molecule has 4 nitrogen and oxygen atoms in total. The van der Waals surface area contributed by atoms with Crippen LogP contribution in [0.5, 0.6) is 5.75 Å². The first kappa shape index (κ1) is 9.92. The maximum Gasteiger partial charge on any atom is 0.338 e. The fourth-order valence-corrected chi connectivity index (χ4v) is 1.62. The van der Waals surface area contributed by atoms with Crippen LogP contribution in [0.4, 0.5) is 4.39 Å². The number of aromatic carboxylic acids is 1. The van der Waals surface area contributed by atoms with Gasteiger partial charge in [0.1, 0.15) is 0 Å². The van der Waals surface area contributed by atoms with Crippen LogP contribution in [0, 0.1) is 5.82 Å². The maximum absolute atomic E-state index is 13.6. The van der Waals surface area contributed by atoms with Crippen LogP contribution in [-0.4, -0.2) is 17.7 Å². The number of fused-ring (bicyclic) bond motifs is 1. The highest BCUT2D eigenvalue weighted by Gasteiger charge is 2.25. The van der Waals surface area contributed by atoms with Crippen molar-refractivity contribution in [2.45, 2.75) is 12.5 Å². The highest BCUT2D eigenvalue weighted by Crippen LogP contribution is 2.34. The quantitative estimate of drug-likeness (QED) is 0.734. The number of benzene rings is 1. The van der Waals surface area contributed by atoms with Gasteiger partial charge in [0.15, 0.2) is 11.6 Å². The highest BCUT2D eigenvalue weighted by molar-refractivity contribution is 5.88. The average molecular weight is 211 g/mol. The minimum atomic E-state index is -1.31. The molecule has 80 valence electrons. The lowest BCUT2D eigenvalue weighted by molar-refractivity contribution is 0.0690. The van der Waals surface area contributed by atoms with E-state index in [0.717, 1.165) is 0 Å². The summed E-state index contributed by atoms with van der Waals surface area (Å²) in [7, 11) is 0. The standard InChI is InChI=1S/C10H10FNO3/c11-8-6(10(13)14)2-1-5-7(12)3-4-15-9(5)8/h1-2,7H,3-4,12H2,(H,13,14). The van der Waals surface area contributed by atoms with E-state index in [1.807, 2.05) is 0 Å². The monoisotopic (exact) mass is 211 g/mol. The van der Waals surface area contributed by atoms with Gasteiger partial charge in [-0.3, -0.25) is 0 Å². The second-order valence-electron chi connectivity index (χ2n) is 3.39. The van der Waals surface area contributed by atoms with Gasteiger partial charge in [-0.1, -0.05) is 6.07 Å². The fourth-order valence-electron chi connectivity index (χ4n) is 1.62. The Kier molecular flexibility index (Phi) is 2.32. The average Bonchev–Trinajstić information content (AvgIpc) is 2.19. The molecule has 1 aromatic carbocycles. The molecule has 0 radical (unpaired) electrons. The van der Waals surface area contributed by atoms with Gasteiger partial charge in [0.2, 0.25) is 0 Å². The molecule has 5 heteroatoms. The molecule has 1 unspecified atom stereocenters. The van der Waals surface area contributed by atoms with E-state index >= 15 is 0 Å². The van der Waals surface area contributed by atoms with Crippen molar-refractivity contribution in [3.8, 4) is 5.75 Å². The molecule has 1 heterocycles. The van der Waals surface area contributed by atoms with E-state index in [1.165, 1.54) is 12.1 Å². The summed E-state index contributed by atoms with van der Waals surface area (Å²) in [6, 6.07) is 2.43. The smallest absolute Gasteiger partial charge is 0.338 e. The van der Waals surface area contributed by atoms with Crippen LogP contribution in [0.3, 0.4) is 0 Å². The first-order valence-corrected chi connectivity index (χ1v) is 4.55. The SMILES string of the molecule is NC1CCOc2c1ccc(C(=O)O)c2F. The van der Waals surface area contributed by atoms with E-state index in [0.29, 0.717) is 18.6 Å². The molecule has 0 saturated carbocycles. The van der Waals surface area contributed by atoms with Gasteiger partial charge in [0.25, 0.3) is 0 Å². The summed E-state index contributed by atoms with van der Waals surface area (Å²) in [4.78, 5) is 10.7. The fraction of sp³-hybridized carbons (Fsp3) is 0.300. The third kappa shape index (κ3) is 1.55. The lowest BCUT2D eigenvalue weighted by atomic mass is 9.99. The summed E-state index contributed by atoms with van der Waals surface area (Å²) >= 11 is 0. The van der Waals surface area contributed by atoms with Crippen molar-refractivity contribution in [2.75, 3.05) is 6.61 Å².